The molecule has 0 bridgehead atoms. The van der Waals surface area contributed by atoms with Crippen LogP contribution in [0, 0.1) is 11.3 Å². The maximum atomic E-state index is 12.0. The maximum Gasteiger partial charge on any atom is 0.267 e. The zero-order valence-electron chi connectivity index (χ0n) is 10.7. The molecule has 1 N–H and O–H groups in total. The highest BCUT2D eigenvalue weighted by atomic mass is 35.5. The predicted molar refractivity (Wildman–Crippen MR) is 79.6 cm³/mol. The Morgan fingerprint density at radius 1 is 1.30 bits per heavy atom. The minimum absolute atomic E-state index is 0.0815. The fraction of sp³-hybridized carbons (Fsp3) is 0.286. The highest BCUT2D eigenvalue weighted by Gasteiger charge is 2.14. The van der Waals surface area contributed by atoms with Crippen molar-refractivity contribution in [3.8, 4) is 6.07 Å². The van der Waals surface area contributed by atoms with Crippen molar-refractivity contribution in [3.05, 3.63) is 40.0 Å². The zero-order chi connectivity index (χ0) is 14.5. The highest BCUT2D eigenvalue weighted by Crippen LogP contribution is 2.25. The summed E-state index contributed by atoms with van der Waals surface area (Å²) >= 11 is 11.7. The first-order chi connectivity index (χ1) is 9.60. The van der Waals surface area contributed by atoms with Crippen LogP contribution in [0.5, 0.6) is 0 Å². The average Bonchev–Trinajstić information content (AvgIpc) is 2.93. The molecule has 1 aromatic carbocycles. The zero-order valence-corrected chi connectivity index (χ0v) is 12.2. The third kappa shape index (κ3) is 3.66. The number of benzene rings is 1. The molecule has 4 nitrogen and oxygen atoms in total. The molecule has 1 saturated heterocycles. The SMILES string of the molecule is N#C/C(=C/N1CCCC1)C(=O)Nc1ccc(Cl)c(Cl)c1. The van der Waals surface area contributed by atoms with E-state index in [1.165, 1.54) is 0 Å². The van der Waals surface area contributed by atoms with Crippen molar-refractivity contribution < 1.29 is 4.79 Å². The molecule has 0 unspecified atom stereocenters. The summed E-state index contributed by atoms with van der Waals surface area (Å²) in [6.07, 6.45) is 3.78. The van der Waals surface area contributed by atoms with Gasteiger partial charge in [-0.25, -0.2) is 0 Å². The molecule has 104 valence electrons. The van der Waals surface area contributed by atoms with Gasteiger partial charge in [0.15, 0.2) is 0 Å². The number of hydrogen-bond donors (Lipinski definition) is 1. The average molecular weight is 310 g/mol. The second-order valence-corrected chi connectivity index (χ2v) is 5.30. The van der Waals surface area contributed by atoms with Crippen molar-refractivity contribution in [1.29, 1.82) is 5.26 Å². The fourth-order valence-electron chi connectivity index (χ4n) is 1.96. The molecule has 2 rings (SSSR count). The van der Waals surface area contributed by atoms with Gasteiger partial charge in [0.25, 0.3) is 5.91 Å². The summed E-state index contributed by atoms with van der Waals surface area (Å²) in [6.45, 7) is 1.76. The molecule has 0 spiro atoms. The van der Waals surface area contributed by atoms with Crippen molar-refractivity contribution in [2.24, 2.45) is 0 Å². The third-order valence-corrected chi connectivity index (χ3v) is 3.73. The Morgan fingerprint density at radius 3 is 2.60 bits per heavy atom. The Kier molecular flexibility index (Phi) is 4.89. The van der Waals surface area contributed by atoms with Gasteiger partial charge in [-0.1, -0.05) is 23.2 Å². The molecular weight excluding hydrogens is 297 g/mol. The molecule has 0 aliphatic carbocycles. The number of carbonyl (C=O) groups excluding carboxylic acids is 1. The quantitative estimate of drug-likeness (QED) is 0.687. The first kappa shape index (κ1) is 14.7. The van der Waals surface area contributed by atoms with Crippen molar-refractivity contribution in [1.82, 2.24) is 4.90 Å². The second kappa shape index (κ2) is 6.65. The smallest absolute Gasteiger partial charge is 0.267 e. The van der Waals surface area contributed by atoms with Crippen LogP contribution in [-0.2, 0) is 4.79 Å². The summed E-state index contributed by atoms with van der Waals surface area (Å²) in [5, 5.41) is 12.5. The number of amides is 1. The lowest BCUT2D eigenvalue weighted by Crippen LogP contribution is -2.18. The number of halogens is 2. The Labute approximate surface area is 127 Å². The number of nitriles is 1. The van der Waals surface area contributed by atoms with E-state index in [1.807, 2.05) is 11.0 Å². The number of carbonyl (C=O) groups is 1. The Balaban J connectivity index is 2.09. The van der Waals surface area contributed by atoms with Gasteiger partial charge in [-0.05, 0) is 31.0 Å². The summed E-state index contributed by atoms with van der Waals surface area (Å²) in [7, 11) is 0. The Morgan fingerprint density at radius 2 is 2.00 bits per heavy atom. The van der Waals surface area contributed by atoms with Gasteiger partial charge in [0.05, 0.1) is 10.0 Å². The topological polar surface area (TPSA) is 56.1 Å². The van der Waals surface area contributed by atoms with E-state index in [1.54, 1.807) is 24.4 Å². The molecule has 1 aliphatic heterocycles. The largest absolute Gasteiger partial charge is 0.376 e. The van der Waals surface area contributed by atoms with E-state index < -0.39 is 5.91 Å². The van der Waals surface area contributed by atoms with Crippen LogP contribution in [0.2, 0.25) is 10.0 Å². The first-order valence-corrected chi connectivity index (χ1v) is 6.98. The predicted octanol–water partition coefficient (Wildman–Crippen LogP) is 3.44. The number of rotatable bonds is 3. The lowest BCUT2D eigenvalue weighted by atomic mass is 10.2. The molecule has 1 heterocycles. The van der Waals surface area contributed by atoms with Gasteiger partial charge in [0.2, 0.25) is 0 Å². The van der Waals surface area contributed by atoms with Crippen LogP contribution >= 0.6 is 23.2 Å². The summed E-state index contributed by atoms with van der Waals surface area (Å²) in [5.74, 6) is -0.446. The van der Waals surface area contributed by atoms with E-state index in [9.17, 15) is 4.79 Å². The number of likely N-dealkylation sites (tertiary alicyclic amines) is 1. The fourth-order valence-corrected chi connectivity index (χ4v) is 2.26. The van der Waals surface area contributed by atoms with Crippen LogP contribution < -0.4 is 5.32 Å². The van der Waals surface area contributed by atoms with Crippen LogP contribution in [0.1, 0.15) is 12.8 Å². The monoisotopic (exact) mass is 309 g/mol. The van der Waals surface area contributed by atoms with Crippen molar-refractivity contribution in [3.63, 3.8) is 0 Å². The van der Waals surface area contributed by atoms with Gasteiger partial charge in [0, 0.05) is 25.0 Å². The molecule has 1 aromatic rings. The van der Waals surface area contributed by atoms with Gasteiger partial charge in [-0.15, -0.1) is 0 Å². The van der Waals surface area contributed by atoms with Crippen LogP contribution in [0.3, 0.4) is 0 Å². The number of nitrogens with one attached hydrogen (secondary N) is 1. The standard InChI is InChI=1S/C14H13Cl2N3O/c15-12-4-3-11(7-13(12)16)18-14(20)10(8-17)9-19-5-1-2-6-19/h3-4,7,9H,1-2,5-6H2,(H,18,20)/b10-9-. The number of anilines is 1. The Hall–Kier alpha value is -1.70. The lowest BCUT2D eigenvalue weighted by molar-refractivity contribution is -0.112. The van der Waals surface area contributed by atoms with E-state index in [0.29, 0.717) is 15.7 Å². The summed E-state index contributed by atoms with van der Waals surface area (Å²) in [6, 6.07) is 6.70. The molecule has 0 atom stereocenters. The van der Waals surface area contributed by atoms with Crippen LogP contribution in [0.4, 0.5) is 5.69 Å². The summed E-state index contributed by atoms with van der Waals surface area (Å²) in [4.78, 5) is 14.0. The van der Waals surface area contributed by atoms with Crippen LogP contribution in [0.15, 0.2) is 30.0 Å². The molecule has 20 heavy (non-hydrogen) atoms. The molecule has 0 aromatic heterocycles. The minimum atomic E-state index is -0.446. The van der Waals surface area contributed by atoms with Crippen molar-refractivity contribution >= 4 is 34.8 Å². The maximum absolute atomic E-state index is 12.0. The van der Waals surface area contributed by atoms with E-state index in [4.69, 9.17) is 28.5 Å². The van der Waals surface area contributed by atoms with Crippen LogP contribution in [-0.4, -0.2) is 23.9 Å². The summed E-state index contributed by atoms with van der Waals surface area (Å²) < 4.78 is 0. The Bertz CT molecular complexity index is 587. The third-order valence-electron chi connectivity index (χ3n) is 2.99. The van der Waals surface area contributed by atoms with E-state index >= 15 is 0 Å². The van der Waals surface area contributed by atoms with Gasteiger partial charge >= 0.3 is 0 Å². The van der Waals surface area contributed by atoms with Gasteiger partial charge < -0.3 is 10.2 Å². The lowest BCUT2D eigenvalue weighted by Gasteiger charge is -2.12. The second-order valence-electron chi connectivity index (χ2n) is 4.48. The van der Waals surface area contributed by atoms with Crippen molar-refractivity contribution in [2.75, 3.05) is 18.4 Å². The molecule has 1 fully saturated rings. The number of hydrogen-bond acceptors (Lipinski definition) is 3. The van der Waals surface area contributed by atoms with Gasteiger partial charge in [-0.3, -0.25) is 4.79 Å². The molecule has 0 radical (unpaired) electrons. The van der Waals surface area contributed by atoms with Gasteiger partial charge in [0.1, 0.15) is 11.6 Å². The molecule has 6 heteroatoms. The molecule has 1 amide bonds. The number of nitrogens with zero attached hydrogens (tertiary/aromatic N) is 2. The first-order valence-electron chi connectivity index (χ1n) is 6.22. The minimum Gasteiger partial charge on any atom is -0.376 e. The summed E-state index contributed by atoms with van der Waals surface area (Å²) in [5.41, 5.74) is 0.588. The van der Waals surface area contributed by atoms with E-state index in [-0.39, 0.29) is 5.57 Å². The van der Waals surface area contributed by atoms with E-state index in [0.717, 1.165) is 25.9 Å². The highest BCUT2D eigenvalue weighted by molar-refractivity contribution is 6.42. The van der Waals surface area contributed by atoms with Crippen molar-refractivity contribution in [2.45, 2.75) is 12.8 Å². The normalized spacial score (nSPS) is 15.1. The van der Waals surface area contributed by atoms with E-state index in [2.05, 4.69) is 5.32 Å². The van der Waals surface area contributed by atoms with Crippen LogP contribution in [0.25, 0.3) is 0 Å². The molecule has 0 saturated carbocycles. The molecular formula is C14H13Cl2N3O. The molecule has 1 aliphatic rings. The van der Waals surface area contributed by atoms with Gasteiger partial charge in [-0.2, -0.15) is 5.26 Å².